The van der Waals surface area contributed by atoms with E-state index in [2.05, 4.69) is 4.98 Å². The highest BCUT2D eigenvalue weighted by Gasteiger charge is 2.28. The van der Waals surface area contributed by atoms with Crippen LogP contribution in [0.15, 0.2) is 47.6 Å². The Morgan fingerprint density at radius 3 is 2.73 bits per heavy atom. The molecule has 0 atom stereocenters. The molecule has 3 aromatic rings. The average molecular weight is 452 g/mol. The van der Waals surface area contributed by atoms with E-state index in [1.807, 2.05) is 0 Å². The summed E-state index contributed by atoms with van der Waals surface area (Å²) in [6.45, 7) is -0.813. The molecule has 30 heavy (non-hydrogen) atoms. The zero-order chi connectivity index (χ0) is 21.5. The highest BCUT2D eigenvalue weighted by atomic mass is 32.2. The highest BCUT2D eigenvalue weighted by Crippen LogP contribution is 2.33. The molecule has 1 aromatic heterocycles. The third-order valence-electron chi connectivity index (χ3n) is 5.05. The second kappa shape index (κ2) is 7.99. The lowest BCUT2D eigenvalue weighted by Crippen LogP contribution is -2.30. The number of carbonyl (C=O) groups excluding carboxylic acids is 1. The molecule has 0 spiro atoms. The van der Waals surface area contributed by atoms with Gasteiger partial charge >= 0.3 is 6.55 Å². The first-order valence-corrected chi connectivity index (χ1v) is 12.0. The quantitative estimate of drug-likeness (QED) is 0.399. The number of halogens is 2. The minimum atomic E-state index is -3.35. The van der Waals surface area contributed by atoms with E-state index in [4.69, 9.17) is 0 Å². The number of aromatic nitrogens is 2. The molecule has 0 unspecified atom stereocenters. The smallest absolute Gasteiger partial charge is 0.293 e. The van der Waals surface area contributed by atoms with Crippen LogP contribution in [0, 0.1) is 0 Å². The molecule has 4 rings (SSSR count). The van der Waals surface area contributed by atoms with Crippen molar-refractivity contribution in [1.29, 1.82) is 0 Å². The summed E-state index contributed by atoms with van der Waals surface area (Å²) in [5.41, 5.74) is 2.58. The molecule has 1 aliphatic rings. The predicted octanol–water partition coefficient (Wildman–Crippen LogP) is 4.12. The minimum absolute atomic E-state index is 0.00883. The van der Waals surface area contributed by atoms with Crippen LogP contribution >= 0.6 is 11.8 Å². The summed E-state index contributed by atoms with van der Waals surface area (Å²) in [7, 11) is -3.35. The first-order valence-electron chi connectivity index (χ1n) is 9.36. The van der Waals surface area contributed by atoms with E-state index in [0.29, 0.717) is 35.2 Å². The Morgan fingerprint density at radius 1 is 1.23 bits per heavy atom. The Hall–Kier alpha value is -2.46. The number of rotatable bonds is 7. The van der Waals surface area contributed by atoms with Crippen LogP contribution in [0.25, 0.3) is 11.0 Å². The van der Waals surface area contributed by atoms with Crippen molar-refractivity contribution in [3.8, 4) is 0 Å². The van der Waals surface area contributed by atoms with E-state index in [1.54, 1.807) is 49.4 Å². The van der Waals surface area contributed by atoms with E-state index in [9.17, 15) is 22.0 Å². The summed E-state index contributed by atoms with van der Waals surface area (Å²) in [6, 6.07) is 11.5. The largest absolute Gasteiger partial charge is 0.321 e. The topological polar surface area (TPSA) is 72.3 Å². The van der Waals surface area contributed by atoms with E-state index in [0.717, 1.165) is 21.9 Å². The Kier molecular flexibility index (Phi) is 5.54. The van der Waals surface area contributed by atoms with Gasteiger partial charge < -0.3 is 0 Å². The van der Waals surface area contributed by atoms with E-state index in [-0.39, 0.29) is 22.4 Å². The summed E-state index contributed by atoms with van der Waals surface area (Å²) in [5, 5.41) is 0.0842. The third-order valence-corrected chi connectivity index (χ3v) is 7.78. The van der Waals surface area contributed by atoms with Gasteiger partial charge in [-0.15, -0.1) is 0 Å². The van der Waals surface area contributed by atoms with E-state index in [1.165, 1.54) is 4.31 Å². The average Bonchev–Trinajstić information content (AvgIpc) is 3.33. The van der Waals surface area contributed by atoms with Crippen molar-refractivity contribution >= 4 is 44.3 Å². The lowest BCUT2D eigenvalue weighted by Gasteiger charge is -2.18. The molecule has 0 radical (unpaired) electrons. The van der Waals surface area contributed by atoms with Crippen LogP contribution in [0.3, 0.4) is 0 Å². The van der Waals surface area contributed by atoms with Crippen molar-refractivity contribution in [3.05, 3.63) is 53.6 Å². The van der Waals surface area contributed by atoms with Gasteiger partial charge in [-0.25, -0.2) is 13.4 Å². The Morgan fingerprint density at radius 2 is 2.00 bits per heavy atom. The number of imidazole rings is 1. The molecule has 2 heterocycles. The highest BCUT2D eigenvalue weighted by molar-refractivity contribution is 7.99. The summed E-state index contributed by atoms with van der Waals surface area (Å²) in [6.07, 6.45) is 0.532. The Bertz CT molecular complexity index is 1230. The van der Waals surface area contributed by atoms with Gasteiger partial charge in [-0.05, 0) is 49.2 Å². The molecule has 0 fully saturated rings. The normalized spacial score (nSPS) is 13.9. The number of sulfonamides is 1. The van der Waals surface area contributed by atoms with Crippen LogP contribution in [0.4, 0.5) is 14.5 Å². The lowest BCUT2D eigenvalue weighted by atomic mass is 10.1. The maximum atomic E-state index is 13.5. The lowest BCUT2D eigenvalue weighted by molar-refractivity contribution is 0.0656. The number of alkyl halides is 2. The van der Waals surface area contributed by atoms with Gasteiger partial charge in [-0.2, -0.15) is 8.78 Å². The van der Waals surface area contributed by atoms with Gasteiger partial charge in [0.15, 0.2) is 10.9 Å². The minimum Gasteiger partial charge on any atom is -0.293 e. The number of fused-ring (bicyclic) bond motifs is 2. The molecule has 0 saturated heterocycles. The van der Waals surface area contributed by atoms with Crippen molar-refractivity contribution < 1.29 is 22.0 Å². The maximum absolute atomic E-state index is 13.5. The number of hydrogen-bond donors (Lipinski definition) is 0. The number of benzene rings is 2. The standard InChI is InChI=1S/C20H19F2N3O3S2/c1-2-30(27,28)24-10-9-13-11-14(7-8-16(13)24)18(26)12-29-20-23-15-5-3-4-6-17(15)25(20)19(21)22/h3-8,11,19H,2,9-10,12H2,1H3. The predicted molar refractivity (Wildman–Crippen MR) is 113 cm³/mol. The summed E-state index contributed by atoms with van der Waals surface area (Å²) < 4.78 is 53.6. The molecule has 0 amide bonds. The molecule has 0 bridgehead atoms. The SMILES string of the molecule is CCS(=O)(=O)N1CCc2cc(C(=O)CSc3nc4ccccc4n3C(F)F)ccc21. The number of carbonyl (C=O) groups is 1. The van der Waals surface area contributed by atoms with Gasteiger partial charge in [-0.1, -0.05) is 23.9 Å². The molecule has 0 aliphatic carbocycles. The summed E-state index contributed by atoms with van der Waals surface area (Å²) >= 11 is 0.962. The summed E-state index contributed by atoms with van der Waals surface area (Å²) in [5.74, 6) is -0.270. The van der Waals surface area contributed by atoms with Crippen LogP contribution in [0.1, 0.15) is 29.4 Å². The Balaban J connectivity index is 1.54. The van der Waals surface area contributed by atoms with E-state index >= 15 is 0 Å². The number of hydrogen-bond acceptors (Lipinski definition) is 5. The molecule has 0 N–H and O–H groups in total. The van der Waals surface area contributed by atoms with Gasteiger partial charge in [0.25, 0.3) is 0 Å². The Labute approximate surface area is 176 Å². The summed E-state index contributed by atoms with van der Waals surface area (Å²) in [4.78, 5) is 16.9. The number of Topliss-reactive ketones (excluding diaryl/α,β-unsaturated/α-hetero) is 1. The molecule has 0 saturated carbocycles. The molecular weight excluding hydrogens is 432 g/mol. The van der Waals surface area contributed by atoms with Crippen LogP contribution in [-0.4, -0.2) is 41.8 Å². The monoisotopic (exact) mass is 451 g/mol. The van der Waals surface area contributed by atoms with Crippen LogP contribution in [-0.2, 0) is 16.4 Å². The fourth-order valence-electron chi connectivity index (χ4n) is 3.52. The van der Waals surface area contributed by atoms with Crippen LogP contribution < -0.4 is 4.31 Å². The molecule has 1 aliphatic heterocycles. The van der Waals surface area contributed by atoms with Crippen molar-refractivity contribution in [2.45, 2.75) is 25.1 Å². The number of ketones is 1. The molecule has 6 nitrogen and oxygen atoms in total. The van der Waals surface area contributed by atoms with Crippen molar-refractivity contribution in [2.24, 2.45) is 0 Å². The molecule has 2 aromatic carbocycles. The maximum Gasteiger partial charge on any atom is 0.321 e. The molecule has 10 heteroatoms. The van der Waals surface area contributed by atoms with E-state index < -0.39 is 16.6 Å². The van der Waals surface area contributed by atoms with Crippen LogP contribution in [0.2, 0.25) is 0 Å². The van der Waals surface area contributed by atoms with Crippen molar-refractivity contribution in [2.75, 3.05) is 22.4 Å². The first kappa shape index (κ1) is 20.8. The van der Waals surface area contributed by atoms with Crippen molar-refractivity contribution in [3.63, 3.8) is 0 Å². The number of nitrogens with zero attached hydrogens (tertiary/aromatic N) is 3. The fourth-order valence-corrected chi connectivity index (χ4v) is 5.58. The van der Waals surface area contributed by atoms with Crippen LogP contribution in [0.5, 0.6) is 0 Å². The fraction of sp³-hybridized carbons (Fsp3) is 0.300. The van der Waals surface area contributed by atoms with Crippen molar-refractivity contribution in [1.82, 2.24) is 9.55 Å². The molecule has 158 valence electrons. The van der Waals surface area contributed by atoms with Gasteiger partial charge in [0.1, 0.15) is 0 Å². The van der Waals surface area contributed by atoms with Gasteiger partial charge in [0.05, 0.1) is 28.2 Å². The zero-order valence-corrected chi connectivity index (χ0v) is 17.7. The number of thioether (sulfide) groups is 1. The van der Waals surface area contributed by atoms with Gasteiger partial charge in [0, 0.05) is 12.1 Å². The second-order valence-corrected chi connectivity index (χ2v) is 9.93. The third kappa shape index (κ3) is 3.69. The first-order chi connectivity index (χ1) is 14.3. The van der Waals surface area contributed by atoms with Gasteiger partial charge in [-0.3, -0.25) is 13.7 Å². The number of para-hydroxylation sites is 2. The van der Waals surface area contributed by atoms with Gasteiger partial charge in [0.2, 0.25) is 10.0 Å². The second-order valence-electron chi connectivity index (χ2n) is 6.81. The zero-order valence-electron chi connectivity index (χ0n) is 16.1. The number of anilines is 1. The molecular formula is C20H19F2N3O3S2.